The molecule has 2 fully saturated rings. The number of anilines is 2. The summed E-state index contributed by atoms with van der Waals surface area (Å²) in [4.78, 5) is 1.92. The van der Waals surface area contributed by atoms with E-state index in [4.69, 9.17) is 5.73 Å². The maximum Gasteiger partial charge on any atom is 0.258 e. The SMILES string of the molecule is Nc1n[nH]c(-c2ccccc2)c1N1CC2C(C1)C2(F)F. The molecule has 1 aliphatic heterocycles. The van der Waals surface area contributed by atoms with E-state index in [2.05, 4.69) is 10.2 Å². The molecule has 1 aliphatic carbocycles. The Labute approximate surface area is 114 Å². The van der Waals surface area contributed by atoms with Gasteiger partial charge in [-0.15, -0.1) is 0 Å². The lowest BCUT2D eigenvalue weighted by Crippen LogP contribution is -2.28. The molecule has 4 rings (SSSR count). The van der Waals surface area contributed by atoms with E-state index >= 15 is 0 Å². The van der Waals surface area contributed by atoms with Crippen LogP contribution in [0.5, 0.6) is 0 Å². The van der Waals surface area contributed by atoms with Crippen molar-refractivity contribution in [2.45, 2.75) is 5.92 Å². The first-order valence-electron chi connectivity index (χ1n) is 6.61. The van der Waals surface area contributed by atoms with Gasteiger partial charge in [-0.05, 0) is 0 Å². The largest absolute Gasteiger partial charge is 0.380 e. The zero-order valence-electron chi connectivity index (χ0n) is 10.7. The standard InChI is InChI=1S/C14H14F2N4/c15-14(16)9-6-20(7-10(9)14)12-11(18-19-13(12)17)8-4-2-1-3-5-8/h1-5,9-10H,6-7H2,(H3,17,18,19). The Morgan fingerprint density at radius 3 is 2.50 bits per heavy atom. The molecule has 2 unspecified atom stereocenters. The zero-order valence-corrected chi connectivity index (χ0v) is 10.7. The number of rotatable bonds is 2. The molecule has 4 nitrogen and oxygen atoms in total. The van der Waals surface area contributed by atoms with Crippen molar-refractivity contribution >= 4 is 11.5 Å². The van der Waals surface area contributed by atoms with E-state index in [1.165, 1.54) is 0 Å². The molecular weight excluding hydrogens is 262 g/mol. The molecule has 2 atom stereocenters. The van der Waals surface area contributed by atoms with Gasteiger partial charge in [0.15, 0.2) is 5.82 Å². The van der Waals surface area contributed by atoms with Crippen LogP contribution in [0.1, 0.15) is 0 Å². The summed E-state index contributed by atoms with van der Waals surface area (Å²) in [6, 6.07) is 9.66. The van der Waals surface area contributed by atoms with Crippen molar-refractivity contribution in [2.75, 3.05) is 23.7 Å². The van der Waals surface area contributed by atoms with Crippen LogP contribution in [0.25, 0.3) is 11.3 Å². The van der Waals surface area contributed by atoms with Gasteiger partial charge in [0, 0.05) is 18.7 Å². The van der Waals surface area contributed by atoms with Crippen LogP contribution in [-0.4, -0.2) is 29.2 Å². The number of nitrogen functional groups attached to an aromatic ring is 1. The number of hydrogen-bond donors (Lipinski definition) is 2. The van der Waals surface area contributed by atoms with Crippen LogP contribution in [0, 0.1) is 11.8 Å². The zero-order chi connectivity index (χ0) is 13.9. The molecule has 1 aromatic heterocycles. The van der Waals surface area contributed by atoms with Gasteiger partial charge in [-0.3, -0.25) is 5.10 Å². The first kappa shape index (κ1) is 11.7. The molecule has 20 heavy (non-hydrogen) atoms. The molecule has 0 amide bonds. The number of alkyl halides is 2. The highest BCUT2D eigenvalue weighted by atomic mass is 19.3. The van der Waals surface area contributed by atoms with Gasteiger partial charge in [0.25, 0.3) is 5.92 Å². The Balaban J connectivity index is 1.69. The summed E-state index contributed by atoms with van der Waals surface area (Å²) in [5.41, 5.74) is 8.42. The summed E-state index contributed by atoms with van der Waals surface area (Å²) in [6.45, 7) is 0.697. The van der Waals surface area contributed by atoms with Crippen molar-refractivity contribution in [3.05, 3.63) is 30.3 Å². The minimum Gasteiger partial charge on any atom is -0.380 e. The fourth-order valence-corrected chi connectivity index (χ4v) is 3.17. The second-order valence-electron chi connectivity index (χ2n) is 5.49. The highest BCUT2D eigenvalue weighted by molar-refractivity contribution is 5.83. The van der Waals surface area contributed by atoms with E-state index in [-0.39, 0.29) is 0 Å². The normalized spacial score (nSPS) is 26.6. The summed E-state index contributed by atoms with van der Waals surface area (Å²) >= 11 is 0. The van der Waals surface area contributed by atoms with Gasteiger partial charge in [0.2, 0.25) is 0 Å². The van der Waals surface area contributed by atoms with Crippen LogP contribution in [0.2, 0.25) is 0 Å². The summed E-state index contributed by atoms with van der Waals surface area (Å²) in [5, 5.41) is 6.95. The number of aromatic nitrogens is 2. The molecule has 1 aromatic carbocycles. The van der Waals surface area contributed by atoms with Crippen molar-refractivity contribution in [1.82, 2.24) is 10.2 Å². The number of nitrogens with zero attached hydrogens (tertiary/aromatic N) is 2. The Hall–Kier alpha value is -2.11. The predicted octanol–water partition coefficient (Wildman–Crippen LogP) is 2.36. The monoisotopic (exact) mass is 276 g/mol. The topological polar surface area (TPSA) is 57.9 Å². The lowest BCUT2D eigenvalue weighted by atomic mass is 10.1. The van der Waals surface area contributed by atoms with Crippen LogP contribution in [-0.2, 0) is 0 Å². The van der Waals surface area contributed by atoms with E-state index in [9.17, 15) is 8.78 Å². The molecule has 1 saturated heterocycles. The third-order valence-electron chi connectivity index (χ3n) is 4.35. The van der Waals surface area contributed by atoms with Crippen LogP contribution < -0.4 is 10.6 Å². The van der Waals surface area contributed by atoms with Gasteiger partial charge in [-0.2, -0.15) is 5.10 Å². The maximum atomic E-state index is 13.3. The molecule has 6 heteroatoms. The van der Waals surface area contributed by atoms with Gasteiger partial charge in [0.05, 0.1) is 17.5 Å². The van der Waals surface area contributed by atoms with E-state index in [1.54, 1.807) is 0 Å². The Morgan fingerprint density at radius 2 is 1.85 bits per heavy atom. The van der Waals surface area contributed by atoms with Crippen molar-refractivity contribution < 1.29 is 8.78 Å². The molecular formula is C14H14F2N4. The molecule has 104 valence electrons. The number of hydrogen-bond acceptors (Lipinski definition) is 3. The van der Waals surface area contributed by atoms with Gasteiger partial charge in [0.1, 0.15) is 5.69 Å². The van der Waals surface area contributed by atoms with E-state index < -0.39 is 17.8 Å². The molecule has 1 saturated carbocycles. The number of piperidine rings is 1. The third-order valence-corrected chi connectivity index (χ3v) is 4.35. The number of nitrogens with one attached hydrogen (secondary N) is 1. The molecule has 0 bridgehead atoms. The van der Waals surface area contributed by atoms with Crippen LogP contribution in [0.15, 0.2) is 30.3 Å². The number of nitrogens with two attached hydrogens (primary N) is 1. The van der Waals surface area contributed by atoms with Crippen molar-refractivity contribution in [3.8, 4) is 11.3 Å². The fraction of sp³-hybridized carbons (Fsp3) is 0.357. The smallest absolute Gasteiger partial charge is 0.258 e. The van der Waals surface area contributed by atoms with Gasteiger partial charge >= 0.3 is 0 Å². The first-order valence-corrected chi connectivity index (χ1v) is 6.61. The van der Waals surface area contributed by atoms with Crippen molar-refractivity contribution in [2.24, 2.45) is 11.8 Å². The molecule has 2 aliphatic rings. The molecule has 0 radical (unpaired) electrons. The average Bonchev–Trinajstić information content (AvgIpc) is 2.86. The quantitative estimate of drug-likeness (QED) is 0.885. The second kappa shape index (κ2) is 3.71. The highest BCUT2D eigenvalue weighted by Crippen LogP contribution is 2.60. The third kappa shape index (κ3) is 1.47. The fourth-order valence-electron chi connectivity index (χ4n) is 3.17. The number of halogens is 2. The minimum atomic E-state index is -2.48. The van der Waals surface area contributed by atoms with Gasteiger partial charge in [-0.1, -0.05) is 30.3 Å². The summed E-state index contributed by atoms with van der Waals surface area (Å²) < 4.78 is 26.6. The van der Waals surface area contributed by atoms with E-state index in [1.807, 2.05) is 35.2 Å². The van der Waals surface area contributed by atoms with Crippen LogP contribution in [0.3, 0.4) is 0 Å². The summed E-state index contributed by atoms with van der Waals surface area (Å²) in [5.74, 6) is -3.17. The highest BCUT2D eigenvalue weighted by Gasteiger charge is 2.71. The van der Waals surface area contributed by atoms with Crippen LogP contribution >= 0.6 is 0 Å². The van der Waals surface area contributed by atoms with Crippen molar-refractivity contribution in [3.63, 3.8) is 0 Å². The maximum absolute atomic E-state index is 13.3. The Kier molecular flexibility index (Phi) is 2.17. The molecule has 2 aromatic rings. The van der Waals surface area contributed by atoms with E-state index in [0.717, 1.165) is 16.9 Å². The molecule has 0 spiro atoms. The molecule has 3 N–H and O–H groups in total. The van der Waals surface area contributed by atoms with Crippen molar-refractivity contribution in [1.29, 1.82) is 0 Å². The molecule has 2 heterocycles. The number of H-pyrrole nitrogens is 1. The summed E-state index contributed by atoms with van der Waals surface area (Å²) in [6.07, 6.45) is 0. The lowest BCUT2D eigenvalue weighted by Gasteiger charge is -2.22. The Bertz CT molecular complexity index is 638. The van der Waals surface area contributed by atoms with Crippen LogP contribution in [0.4, 0.5) is 20.3 Å². The lowest BCUT2D eigenvalue weighted by molar-refractivity contribution is 0.0798. The number of aromatic amines is 1. The summed E-state index contributed by atoms with van der Waals surface area (Å²) in [7, 11) is 0. The second-order valence-corrected chi connectivity index (χ2v) is 5.49. The average molecular weight is 276 g/mol. The Morgan fingerprint density at radius 1 is 1.20 bits per heavy atom. The first-order chi connectivity index (χ1) is 9.59. The van der Waals surface area contributed by atoms with Gasteiger partial charge in [-0.25, -0.2) is 8.78 Å². The predicted molar refractivity (Wildman–Crippen MR) is 72.6 cm³/mol. The number of benzene rings is 1. The number of fused-ring (bicyclic) bond motifs is 1. The minimum absolute atomic E-state index is 0.348. The van der Waals surface area contributed by atoms with Gasteiger partial charge < -0.3 is 10.6 Å². The van der Waals surface area contributed by atoms with E-state index in [0.29, 0.717) is 18.9 Å².